The van der Waals surface area contributed by atoms with E-state index in [0.29, 0.717) is 12.8 Å². The minimum atomic E-state index is -3.25. The first kappa shape index (κ1) is 27.1. The van der Waals surface area contributed by atoms with Crippen molar-refractivity contribution in [3.8, 4) is 0 Å². The Hall–Kier alpha value is -1.94. The minimum absolute atomic E-state index is 0.0580. The molecule has 2 N–H and O–H groups in total. The third-order valence-corrected chi connectivity index (χ3v) is 12.0. The molecule has 9 atom stereocenters. The third-order valence-electron chi connectivity index (χ3n) is 10.2. The summed E-state index contributed by atoms with van der Waals surface area (Å²) in [5.41, 5.74) is -1.89. The van der Waals surface area contributed by atoms with Crippen LogP contribution in [-0.4, -0.2) is 61.3 Å². The van der Waals surface area contributed by atoms with Gasteiger partial charge in [0.1, 0.15) is 18.0 Å². The molecule has 4 fully saturated rings. The minimum Gasteiger partial charge on any atom is -0.445 e. The molecule has 9 nitrogen and oxygen atoms in total. The van der Waals surface area contributed by atoms with Gasteiger partial charge in [-0.25, -0.2) is 23.3 Å². The van der Waals surface area contributed by atoms with E-state index >= 15 is 0 Å². The number of aliphatic hydroxyl groups is 1. The Bertz CT molecular complexity index is 1060. The van der Waals surface area contributed by atoms with Gasteiger partial charge in [-0.15, -0.1) is 6.58 Å². The molecule has 2 bridgehead atoms. The summed E-state index contributed by atoms with van der Waals surface area (Å²) in [5.74, 6) is -0.653. The Morgan fingerprint density at radius 1 is 1.14 bits per heavy atom. The molecule has 2 amide bonds. The number of hydrogen-bond donors (Lipinski definition) is 2. The first-order valence-corrected chi connectivity index (χ1v) is 14.7. The standard InChI is InChI=1S/C26H39NO8S/c1-6-24(4)13-19(35-23(31)27-22(30)34-17-9-12-36(32,33)14-17)25(5)15(2)7-10-26(16(3)21(24)29)11-8-18(28)20(25)26/h6,15-17,19-21,29H,1,7-14H2,2-5H3,(H,27,30,31)/t15?,16-,17?,19+,20-,21-,24+,25+,26-/m0/s1. The number of ether oxygens (including phenoxy) is 2. The lowest BCUT2D eigenvalue weighted by Gasteiger charge is -2.61. The molecule has 0 radical (unpaired) electrons. The fourth-order valence-electron chi connectivity index (χ4n) is 7.78. The summed E-state index contributed by atoms with van der Waals surface area (Å²) in [7, 11) is -3.25. The van der Waals surface area contributed by atoms with Gasteiger partial charge < -0.3 is 14.6 Å². The summed E-state index contributed by atoms with van der Waals surface area (Å²) < 4.78 is 34.3. The largest absolute Gasteiger partial charge is 0.445 e. The predicted octanol–water partition coefficient (Wildman–Crippen LogP) is 3.40. The maximum atomic E-state index is 13.4. The molecule has 0 aromatic rings. The van der Waals surface area contributed by atoms with Gasteiger partial charge in [0, 0.05) is 23.2 Å². The molecule has 36 heavy (non-hydrogen) atoms. The van der Waals surface area contributed by atoms with Gasteiger partial charge in [-0.05, 0) is 49.4 Å². The number of ketones is 1. The van der Waals surface area contributed by atoms with Crippen molar-refractivity contribution in [3.05, 3.63) is 12.7 Å². The number of sulfone groups is 1. The van der Waals surface area contributed by atoms with Crippen LogP contribution < -0.4 is 5.32 Å². The molecule has 0 aromatic heterocycles. The fraction of sp³-hybridized carbons (Fsp3) is 0.808. The van der Waals surface area contributed by atoms with Gasteiger partial charge in [0.05, 0.1) is 17.6 Å². The normalized spacial score (nSPS) is 45.6. The van der Waals surface area contributed by atoms with Crippen LogP contribution in [0.15, 0.2) is 12.7 Å². The SMILES string of the molecule is C=C[C@]1(C)C[C@@H](OC(=O)NC(=O)OC2CCS(=O)(=O)C2)[C@@]2(C)C(C)CC[C@]3(CCC(=O)[C@H]32)[C@@H](C)[C@@H]1O. The number of carbonyl (C=O) groups is 3. The van der Waals surface area contributed by atoms with Crippen LogP contribution in [0.2, 0.25) is 0 Å². The van der Waals surface area contributed by atoms with Crippen LogP contribution in [0.25, 0.3) is 0 Å². The summed E-state index contributed by atoms with van der Waals surface area (Å²) >= 11 is 0. The van der Waals surface area contributed by atoms with Crippen molar-refractivity contribution < 1.29 is 37.4 Å². The molecule has 3 aliphatic carbocycles. The van der Waals surface area contributed by atoms with E-state index in [1.54, 1.807) is 6.08 Å². The van der Waals surface area contributed by atoms with Gasteiger partial charge in [-0.2, -0.15) is 0 Å². The zero-order chi connectivity index (χ0) is 26.7. The van der Waals surface area contributed by atoms with Crippen LogP contribution in [0.4, 0.5) is 9.59 Å². The predicted molar refractivity (Wildman–Crippen MR) is 132 cm³/mol. The van der Waals surface area contributed by atoms with Crippen molar-refractivity contribution in [2.24, 2.45) is 34.0 Å². The second-order valence-corrected chi connectivity index (χ2v) is 14.3. The summed E-state index contributed by atoms with van der Waals surface area (Å²) in [5, 5.41) is 13.6. The Balaban J connectivity index is 1.62. The maximum absolute atomic E-state index is 13.4. The van der Waals surface area contributed by atoms with E-state index < -0.39 is 56.6 Å². The van der Waals surface area contributed by atoms with Crippen LogP contribution in [0, 0.1) is 34.0 Å². The molecule has 4 rings (SSSR count). The molecule has 1 aliphatic heterocycles. The third kappa shape index (κ3) is 4.27. The Labute approximate surface area is 213 Å². The molecule has 2 unspecified atom stereocenters. The first-order chi connectivity index (χ1) is 16.7. The highest BCUT2D eigenvalue weighted by Gasteiger charge is 2.68. The molecule has 1 saturated heterocycles. The summed E-state index contributed by atoms with van der Waals surface area (Å²) in [6.45, 7) is 12.0. The summed E-state index contributed by atoms with van der Waals surface area (Å²) in [6, 6.07) is 0. The molecule has 0 spiro atoms. The molecule has 4 aliphatic rings. The number of carbonyl (C=O) groups excluding carboxylic acids is 3. The maximum Gasteiger partial charge on any atom is 0.416 e. The molecule has 1 heterocycles. The van der Waals surface area contributed by atoms with Crippen LogP contribution in [-0.2, 0) is 24.1 Å². The number of nitrogens with one attached hydrogen (secondary N) is 1. The van der Waals surface area contributed by atoms with E-state index in [-0.39, 0.29) is 47.9 Å². The molecular weight excluding hydrogens is 486 g/mol. The van der Waals surface area contributed by atoms with Crippen molar-refractivity contribution in [3.63, 3.8) is 0 Å². The number of aliphatic hydroxyl groups excluding tert-OH is 1. The van der Waals surface area contributed by atoms with Crippen LogP contribution in [0.3, 0.4) is 0 Å². The molecule has 10 heteroatoms. The van der Waals surface area contributed by atoms with Gasteiger partial charge in [0.2, 0.25) is 0 Å². The molecule has 0 aromatic carbocycles. The quantitative estimate of drug-likeness (QED) is 0.535. The van der Waals surface area contributed by atoms with Crippen LogP contribution >= 0.6 is 0 Å². The Morgan fingerprint density at radius 3 is 2.42 bits per heavy atom. The van der Waals surface area contributed by atoms with E-state index in [9.17, 15) is 27.9 Å². The Morgan fingerprint density at radius 2 is 1.81 bits per heavy atom. The van der Waals surface area contributed by atoms with Crippen LogP contribution in [0.5, 0.6) is 0 Å². The van der Waals surface area contributed by atoms with E-state index in [0.717, 1.165) is 12.8 Å². The van der Waals surface area contributed by atoms with Crippen LogP contribution in [0.1, 0.15) is 66.2 Å². The van der Waals surface area contributed by atoms with Gasteiger partial charge in [0.15, 0.2) is 9.84 Å². The van der Waals surface area contributed by atoms with Crippen molar-refractivity contribution in [2.75, 3.05) is 11.5 Å². The van der Waals surface area contributed by atoms with Crippen molar-refractivity contribution in [1.82, 2.24) is 5.32 Å². The van der Waals surface area contributed by atoms with E-state index in [2.05, 4.69) is 18.8 Å². The number of imide groups is 1. The number of Topliss-reactive ketones (excluding diaryl/α,β-unsaturated/α-hetero) is 1. The number of amides is 2. The zero-order valence-corrected chi connectivity index (χ0v) is 22.4. The zero-order valence-electron chi connectivity index (χ0n) is 21.6. The lowest BCUT2D eigenvalue weighted by molar-refractivity contribution is -0.191. The Kier molecular flexibility index (Phi) is 6.86. The van der Waals surface area contributed by atoms with Gasteiger partial charge in [-0.3, -0.25) is 4.79 Å². The molecular formula is C26H39NO8S. The van der Waals surface area contributed by atoms with E-state index in [1.165, 1.54) is 0 Å². The monoisotopic (exact) mass is 525 g/mol. The number of rotatable bonds is 3. The highest BCUT2D eigenvalue weighted by atomic mass is 32.2. The van der Waals surface area contributed by atoms with Gasteiger partial charge in [-0.1, -0.05) is 33.8 Å². The van der Waals surface area contributed by atoms with E-state index in [4.69, 9.17) is 9.47 Å². The topological polar surface area (TPSA) is 136 Å². The van der Waals surface area contributed by atoms with E-state index in [1.807, 2.05) is 20.8 Å². The van der Waals surface area contributed by atoms with Crippen molar-refractivity contribution >= 4 is 27.8 Å². The first-order valence-electron chi connectivity index (χ1n) is 12.9. The van der Waals surface area contributed by atoms with Gasteiger partial charge >= 0.3 is 12.2 Å². The molecule has 3 saturated carbocycles. The summed E-state index contributed by atoms with van der Waals surface area (Å²) in [4.78, 5) is 38.6. The lowest BCUT2D eigenvalue weighted by Crippen LogP contribution is -2.63. The number of hydrogen-bond acceptors (Lipinski definition) is 8. The smallest absolute Gasteiger partial charge is 0.416 e. The highest BCUT2D eigenvalue weighted by molar-refractivity contribution is 7.91. The van der Waals surface area contributed by atoms with Gasteiger partial charge in [0.25, 0.3) is 0 Å². The van der Waals surface area contributed by atoms with Crippen molar-refractivity contribution in [1.29, 1.82) is 0 Å². The average Bonchev–Trinajstić information content (AvgIpc) is 3.33. The number of alkyl carbamates (subject to hydrolysis) is 2. The highest BCUT2D eigenvalue weighted by Crippen LogP contribution is 2.67. The second kappa shape index (κ2) is 9.11. The second-order valence-electron chi connectivity index (χ2n) is 12.0. The van der Waals surface area contributed by atoms with Crippen molar-refractivity contribution in [2.45, 2.75) is 84.5 Å². The summed E-state index contributed by atoms with van der Waals surface area (Å²) in [6.07, 6.45) is 0.458. The molecule has 202 valence electrons. The average molecular weight is 526 g/mol. The lowest BCUT2D eigenvalue weighted by atomic mass is 9.44. The fourth-order valence-corrected chi connectivity index (χ4v) is 9.37.